The number of aromatic nitrogens is 4. The lowest BCUT2D eigenvalue weighted by molar-refractivity contribution is 1.08. The summed E-state index contributed by atoms with van der Waals surface area (Å²) in [5.41, 5.74) is 8.56. The molecule has 2 heterocycles. The minimum absolute atomic E-state index is 0.628. The van der Waals surface area contributed by atoms with E-state index < -0.39 is 0 Å². The Kier molecular flexibility index (Phi) is 7.50. The number of nitrogens with zero attached hydrogens (tertiary/aromatic N) is 4. The molecule has 4 heteroatoms. The van der Waals surface area contributed by atoms with Gasteiger partial charge in [-0.1, -0.05) is 170 Å². The van der Waals surface area contributed by atoms with Crippen molar-refractivity contribution >= 4 is 64.9 Å². The molecule has 0 saturated carbocycles. The van der Waals surface area contributed by atoms with Gasteiger partial charge in [-0.05, 0) is 85.2 Å². The van der Waals surface area contributed by atoms with Crippen molar-refractivity contribution < 1.29 is 0 Å². The van der Waals surface area contributed by atoms with Gasteiger partial charge in [0.2, 0.25) is 0 Å². The van der Waals surface area contributed by atoms with Gasteiger partial charge in [0.25, 0.3) is 0 Å². The van der Waals surface area contributed by atoms with Gasteiger partial charge in [0.1, 0.15) is 0 Å². The van der Waals surface area contributed by atoms with E-state index in [1.54, 1.807) is 0 Å². The summed E-state index contributed by atoms with van der Waals surface area (Å²) >= 11 is 0. The van der Waals surface area contributed by atoms with Gasteiger partial charge in [0.15, 0.2) is 17.5 Å². The molecule has 0 amide bonds. The third-order valence-electron chi connectivity index (χ3n) is 11.8. The van der Waals surface area contributed by atoms with Crippen molar-refractivity contribution in [3.05, 3.63) is 206 Å². The van der Waals surface area contributed by atoms with Crippen LogP contribution in [0.15, 0.2) is 206 Å². The number of fused-ring (bicyclic) bond motifs is 8. The summed E-state index contributed by atoms with van der Waals surface area (Å²) in [6.07, 6.45) is 0. The minimum Gasteiger partial charge on any atom is -0.309 e. The van der Waals surface area contributed by atoms with Crippen molar-refractivity contribution in [3.8, 4) is 51.0 Å². The van der Waals surface area contributed by atoms with Crippen molar-refractivity contribution in [2.75, 3.05) is 0 Å². The molecule has 12 rings (SSSR count). The van der Waals surface area contributed by atoms with Crippen LogP contribution < -0.4 is 0 Å². The zero-order valence-electron chi connectivity index (χ0n) is 31.9. The van der Waals surface area contributed by atoms with Crippen LogP contribution in [-0.2, 0) is 0 Å². The van der Waals surface area contributed by atoms with E-state index in [1.165, 1.54) is 43.4 Å². The van der Waals surface area contributed by atoms with Gasteiger partial charge in [0, 0.05) is 32.8 Å². The molecule has 0 fully saturated rings. The van der Waals surface area contributed by atoms with Crippen molar-refractivity contribution in [3.63, 3.8) is 0 Å². The summed E-state index contributed by atoms with van der Waals surface area (Å²) in [5.74, 6) is 1.90. The highest BCUT2D eigenvalue weighted by atomic mass is 15.0. The van der Waals surface area contributed by atoms with Crippen LogP contribution in [0.3, 0.4) is 0 Å². The molecule has 0 radical (unpaired) electrons. The van der Waals surface area contributed by atoms with E-state index in [4.69, 9.17) is 15.0 Å². The van der Waals surface area contributed by atoms with Crippen LogP contribution in [0.2, 0.25) is 0 Å². The minimum atomic E-state index is 0.628. The molecule has 0 aliphatic carbocycles. The van der Waals surface area contributed by atoms with E-state index in [0.717, 1.165) is 55.0 Å². The maximum atomic E-state index is 5.33. The molecule has 0 saturated heterocycles. The van der Waals surface area contributed by atoms with Crippen LogP contribution in [-0.4, -0.2) is 19.5 Å². The van der Waals surface area contributed by atoms with E-state index in [0.29, 0.717) is 17.5 Å². The maximum Gasteiger partial charge on any atom is 0.164 e. The summed E-state index contributed by atoms with van der Waals surface area (Å²) < 4.78 is 2.46. The SMILES string of the molecule is c1ccc(-c2ccc3c(-n4c5cc6ccccc6cc5c5c6ccccc6ccc54)ccc(-c4nc(-c5ccccc5)nc(-c5cccc6ccccc56)n4)c3c2)cc1. The molecule has 0 bridgehead atoms. The lowest BCUT2D eigenvalue weighted by Crippen LogP contribution is -2.02. The van der Waals surface area contributed by atoms with E-state index in [2.05, 4.69) is 193 Å². The lowest BCUT2D eigenvalue weighted by Gasteiger charge is -2.17. The van der Waals surface area contributed by atoms with E-state index in [9.17, 15) is 0 Å². The smallest absolute Gasteiger partial charge is 0.164 e. The van der Waals surface area contributed by atoms with Crippen LogP contribution in [0.4, 0.5) is 0 Å². The summed E-state index contributed by atoms with van der Waals surface area (Å²) in [6.45, 7) is 0. The molecule has 0 aliphatic heterocycles. The molecule has 2 aromatic heterocycles. The molecule has 0 N–H and O–H groups in total. The summed E-state index contributed by atoms with van der Waals surface area (Å²) in [7, 11) is 0. The van der Waals surface area contributed by atoms with Gasteiger partial charge in [0.05, 0.1) is 16.7 Å². The van der Waals surface area contributed by atoms with Gasteiger partial charge >= 0.3 is 0 Å². The Labute approximate surface area is 340 Å². The number of benzene rings is 10. The zero-order chi connectivity index (χ0) is 38.9. The van der Waals surface area contributed by atoms with E-state index in [1.807, 2.05) is 18.2 Å². The highest BCUT2D eigenvalue weighted by Gasteiger charge is 2.21. The average Bonchev–Trinajstić information content (AvgIpc) is 3.63. The molecule has 274 valence electrons. The Morgan fingerprint density at radius 2 is 0.881 bits per heavy atom. The zero-order valence-corrected chi connectivity index (χ0v) is 31.9. The number of hydrogen-bond acceptors (Lipinski definition) is 3. The van der Waals surface area contributed by atoms with Gasteiger partial charge < -0.3 is 4.57 Å². The van der Waals surface area contributed by atoms with E-state index in [-0.39, 0.29) is 0 Å². The van der Waals surface area contributed by atoms with Crippen molar-refractivity contribution in [2.24, 2.45) is 0 Å². The molecule has 10 aromatic carbocycles. The van der Waals surface area contributed by atoms with Crippen LogP contribution >= 0.6 is 0 Å². The van der Waals surface area contributed by atoms with Crippen LogP contribution in [0.25, 0.3) is 116 Å². The van der Waals surface area contributed by atoms with Crippen molar-refractivity contribution in [1.82, 2.24) is 19.5 Å². The summed E-state index contributed by atoms with van der Waals surface area (Å²) in [5, 5.41) is 11.8. The van der Waals surface area contributed by atoms with Gasteiger partial charge in [-0.25, -0.2) is 15.0 Å². The Balaban J connectivity index is 1.18. The molecule has 0 unspecified atom stereocenters. The van der Waals surface area contributed by atoms with E-state index >= 15 is 0 Å². The predicted octanol–water partition coefficient (Wildman–Crippen LogP) is 14.2. The van der Waals surface area contributed by atoms with Crippen LogP contribution in [0, 0.1) is 0 Å². The Bertz CT molecular complexity index is 3600. The first-order valence-corrected chi connectivity index (χ1v) is 20.0. The summed E-state index contributed by atoms with van der Waals surface area (Å²) in [6, 6.07) is 73.5. The van der Waals surface area contributed by atoms with Gasteiger partial charge in [-0.2, -0.15) is 0 Å². The fourth-order valence-corrected chi connectivity index (χ4v) is 9.02. The lowest BCUT2D eigenvalue weighted by atomic mass is 9.96. The third-order valence-corrected chi connectivity index (χ3v) is 11.8. The first kappa shape index (κ1) is 33.2. The first-order chi connectivity index (χ1) is 29.2. The van der Waals surface area contributed by atoms with Gasteiger partial charge in [-0.3, -0.25) is 0 Å². The molecular weight excluding hydrogens is 717 g/mol. The second-order valence-electron chi connectivity index (χ2n) is 15.2. The van der Waals surface area contributed by atoms with Crippen LogP contribution in [0.5, 0.6) is 0 Å². The predicted molar refractivity (Wildman–Crippen MR) is 246 cm³/mol. The fraction of sp³-hybridized carbons (Fsp3) is 0. The Hall–Kier alpha value is -7.95. The standard InChI is InChI=1S/C55H34N4/c1-3-14-35(15-4-1)41-26-28-44-47(32-41)46(55-57-53(38-18-5-2-6-19-38)56-54(58-55)45-25-13-22-36-16-9-11-23-42(36)45)29-31-49(44)59-50-30-27-37-17-10-12-24-43(37)52(50)48-33-39-20-7-8-21-40(39)34-51(48)59/h1-34H. The topological polar surface area (TPSA) is 43.6 Å². The molecular formula is C55H34N4. The van der Waals surface area contributed by atoms with Crippen molar-refractivity contribution in [2.45, 2.75) is 0 Å². The van der Waals surface area contributed by atoms with Crippen molar-refractivity contribution in [1.29, 1.82) is 0 Å². The molecule has 0 atom stereocenters. The average molecular weight is 751 g/mol. The number of hydrogen-bond donors (Lipinski definition) is 0. The van der Waals surface area contributed by atoms with Crippen LogP contribution in [0.1, 0.15) is 0 Å². The first-order valence-electron chi connectivity index (χ1n) is 20.0. The quantitative estimate of drug-likeness (QED) is 0.176. The molecule has 4 nitrogen and oxygen atoms in total. The highest BCUT2D eigenvalue weighted by molar-refractivity contribution is 6.24. The Morgan fingerprint density at radius 3 is 1.64 bits per heavy atom. The van der Waals surface area contributed by atoms with Gasteiger partial charge in [-0.15, -0.1) is 0 Å². The normalized spacial score (nSPS) is 11.7. The molecule has 0 spiro atoms. The second kappa shape index (κ2) is 13.3. The second-order valence-corrected chi connectivity index (χ2v) is 15.2. The molecule has 59 heavy (non-hydrogen) atoms. The summed E-state index contributed by atoms with van der Waals surface area (Å²) in [4.78, 5) is 15.7. The monoisotopic (exact) mass is 750 g/mol. The molecule has 12 aromatic rings. The highest BCUT2D eigenvalue weighted by Crippen LogP contribution is 2.42. The third kappa shape index (κ3) is 5.42. The fourth-order valence-electron chi connectivity index (χ4n) is 9.02. The maximum absolute atomic E-state index is 5.33. The number of rotatable bonds is 5. The molecule has 0 aliphatic rings. The Morgan fingerprint density at radius 1 is 0.288 bits per heavy atom. The largest absolute Gasteiger partial charge is 0.309 e.